The molecule has 1 saturated heterocycles. The lowest BCUT2D eigenvalue weighted by Gasteiger charge is -2.31. The van der Waals surface area contributed by atoms with E-state index in [-0.39, 0.29) is 24.0 Å². The van der Waals surface area contributed by atoms with Crippen LogP contribution in [0.5, 0.6) is 5.75 Å². The first-order valence-corrected chi connectivity index (χ1v) is 8.81. The normalized spacial score (nSPS) is 16.6. The molecule has 1 aromatic rings. The summed E-state index contributed by atoms with van der Waals surface area (Å²) in [5.41, 5.74) is 0. The molecule has 1 aliphatic heterocycles. The van der Waals surface area contributed by atoms with Crippen molar-refractivity contribution in [1.82, 2.24) is 15.5 Å². The van der Waals surface area contributed by atoms with E-state index in [9.17, 15) is 0 Å². The van der Waals surface area contributed by atoms with Crippen LogP contribution < -0.4 is 15.4 Å². The fourth-order valence-electron chi connectivity index (χ4n) is 2.55. The van der Waals surface area contributed by atoms with E-state index in [1.165, 1.54) is 0 Å². The van der Waals surface area contributed by atoms with E-state index in [0.29, 0.717) is 19.2 Å². The van der Waals surface area contributed by atoms with Gasteiger partial charge in [0.05, 0.1) is 26.3 Å². The van der Waals surface area contributed by atoms with Crippen molar-refractivity contribution in [3.63, 3.8) is 0 Å². The minimum atomic E-state index is 0. The van der Waals surface area contributed by atoms with Crippen LogP contribution in [0.1, 0.15) is 13.8 Å². The topological polar surface area (TPSA) is 58.1 Å². The minimum absolute atomic E-state index is 0. The lowest BCUT2D eigenvalue weighted by molar-refractivity contribution is 0.0220. The summed E-state index contributed by atoms with van der Waals surface area (Å²) in [7, 11) is 0. The molecule has 7 heteroatoms. The van der Waals surface area contributed by atoms with Crippen LogP contribution in [-0.2, 0) is 4.74 Å². The highest BCUT2D eigenvalue weighted by Gasteiger charge is 2.16. The maximum absolute atomic E-state index is 5.69. The van der Waals surface area contributed by atoms with E-state index < -0.39 is 0 Å². The number of guanidine groups is 1. The Balaban J connectivity index is 0.00000312. The maximum atomic E-state index is 5.69. The van der Waals surface area contributed by atoms with Gasteiger partial charge in [0.1, 0.15) is 12.4 Å². The van der Waals surface area contributed by atoms with Crippen molar-refractivity contribution in [1.29, 1.82) is 0 Å². The summed E-state index contributed by atoms with van der Waals surface area (Å²) in [5, 5.41) is 6.60. The highest BCUT2D eigenvalue weighted by molar-refractivity contribution is 14.0. The molecule has 1 aromatic carbocycles. The van der Waals surface area contributed by atoms with Crippen LogP contribution in [0.3, 0.4) is 0 Å². The second-order valence-corrected chi connectivity index (χ2v) is 5.81. The van der Waals surface area contributed by atoms with Crippen molar-refractivity contribution in [2.75, 3.05) is 52.5 Å². The predicted octanol–water partition coefficient (Wildman–Crippen LogP) is 1.96. The molecule has 25 heavy (non-hydrogen) atoms. The van der Waals surface area contributed by atoms with Crippen molar-refractivity contribution in [3.8, 4) is 5.75 Å². The maximum Gasteiger partial charge on any atom is 0.191 e. The number of morpholine rings is 1. The van der Waals surface area contributed by atoms with Crippen LogP contribution in [0.25, 0.3) is 0 Å². The van der Waals surface area contributed by atoms with E-state index in [0.717, 1.165) is 51.1 Å². The van der Waals surface area contributed by atoms with Gasteiger partial charge in [-0.25, -0.2) is 0 Å². The third-order valence-electron chi connectivity index (χ3n) is 3.93. The van der Waals surface area contributed by atoms with Gasteiger partial charge in [-0.05, 0) is 26.0 Å². The molecular formula is C18H31IN4O2. The van der Waals surface area contributed by atoms with Crippen molar-refractivity contribution >= 4 is 29.9 Å². The first kappa shape index (κ1) is 22.0. The Bertz CT molecular complexity index is 481. The molecule has 0 bridgehead atoms. The Kier molecular flexibility index (Phi) is 11.6. The van der Waals surface area contributed by atoms with Gasteiger partial charge in [0.15, 0.2) is 5.96 Å². The molecule has 0 aromatic heterocycles. The number of rotatable bonds is 8. The molecule has 6 nitrogen and oxygen atoms in total. The van der Waals surface area contributed by atoms with Crippen LogP contribution >= 0.6 is 24.0 Å². The Morgan fingerprint density at radius 1 is 1.24 bits per heavy atom. The third kappa shape index (κ3) is 8.73. The Morgan fingerprint density at radius 2 is 1.96 bits per heavy atom. The largest absolute Gasteiger partial charge is 0.492 e. The van der Waals surface area contributed by atoms with Gasteiger partial charge in [-0.3, -0.25) is 9.89 Å². The fraction of sp³-hybridized carbons (Fsp3) is 0.611. The van der Waals surface area contributed by atoms with Gasteiger partial charge < -0.3 is 20.1 Å². The molecule has 142 valence electrons. The van der Waals surface area contributed by atoms with E-state index in [1.807, 2.05) is 30.3 Å². The van der Waals surface area contributed by atoms with Gasteiger partial charge in [0.2, 0.25) is 0 Å². The zero-order chi connectivity index (χ0) is 17.0. The van der Waals surface area contributed by atoms with E-state index in [2.05, 4.69) is 34.4 Å². The molecule has 1 aliphatic rings. The van der Waals surface area contributed by atoms with E-state index in [4.69, 9.17) is 9.47 Å². The average molecular weight is 462 g/mol. The number of nitrogens with zero attached hydrogens (tertiary/aromatic N) is 2. The standard InChI is InChI=1S/C18H30N4O2.HI/c1-3-19-18(20-9-12-24-17-7-5-4-6-8-17)21-15-16(2)22-10-13-23-14-11-22;/h4-8,16H,3,9-15H2,1-2H3,(H2,19,20,21);1H. The molecule has 1 heterocycles. The van der Waals surface area contributed by atoms with Gasteiger partial charge in [-0.1, -0.05) is 18.2 Å². The zero-order valence-corrected chi connectivity index (χ0v) is 17.6. The number of halogens is 1. The van der Waals surface area contributed by atoms with E-state index >= 15 is 0 Å². The summed E-state index contributed by atoms with van der Waals surface area (Å²) < 4.78 is 11.1. The van der Waals surface area contributed by atoms with Gasteiger partial charge in [-0.2, -0.15) is 0 Å². The fourth-order valence-corrected chi connectivity index (χ4v) is 2.55. The molecule has 1 fully saturated rings. The van der Waals surface area contributed by atoms with Crippen molar-refractivity contribution in [3.05, 3.63) is 30.3 Å². The summed E-state index contributed by atoms with van der Waals surface area (Å²) in [4.78, 5) is 7.12. The van der Waals surface area contributed by atoms with Crippen LogP contribution in [-0.4, -0.2) is 69.4 Å². The quantitative estimate of drug-likeness (QED) is 0.268. The summed E-state index contributed by atoms with van der Waals surface area (Å²) in [6, 6.07) is 10.3. The Labute approximate surface area is 168 Å². The number of para-hydroxylation sites is 1. The molecule has 2 N–H and O–H groups in total. The van der Waals surface area contributed by atoms with Crippen LogP contribution in [0, 0.1) is 0 Å². The predicted molar refractivity (Wildman–Crippen MR) is 113 cm³/mol. The molecule has 0 radical (unpaired) electrons. The molecule has 0 aliphatic carbocycles. The molecular weight excluding hydrogens is 431 g/mol. The second kappa shape index (κ2) is 13.2. The van der Waals surface area contributed by atoms with Crippen molar-refractivity contribution in [2.45, 2.75) is 19.9 Å². The lowest BCUT2D eigenvalue weighted by Crippen LogP contribution is -2.44. The number of hydrogen-bond donors (Lipinski definition) is 2. The number of ether oxygens (including phenoxy) is 2. The summed E-state index contributed by atoms with van der Waals surface area (Å²) in [6.45, 7) is 10.9. The average Bonchev–Trinajstić information content (AvgIpc) is 2.64. The van der Waals surface area contributed by atoms with Crippen molar-refractivity contribution < 1.29 is 9.47 Å². The Hall–Kier alpha value is -1.06. The molecule has 0 spiro atoms. The SMILES string of the molecule is CCNC(=NCC(C)N1CCOCC1)NCCOc1ccccc1.I. The zero-order valence-electron chi connectivity index (χ0n) is 15.2. The first-order chi connectivity index (χ1) is 11.8. The van der Waals surface area contributed by atoms with Gasteiger partial charge in [0.25, 0.3) is 0 Å². The molecule has 1 unspecified atom stereocenters. The summed E-state index contributed by atoms with van der Waals surface area (Å²) in [5.74, 6) is 1.73. The summed E-state index contributed by atoms with van der Waals surface area (Å²) >= 11 is 0. The van der Waals surface area contributed by atoms with Crippen LogP contribution in [0.15, 0.2) is 35.3 Å². The minimum Gasteiger partial charge on any atom is -0.492 e. The second-order valence-electron chi connectivity index (χ2n) is 5.81. The number of nitrogens with one attached hydrogen (secondary N) is 2. The lowest BCUT2D eigenvalue weighted by atomic mass is 10.2. The van der Waals surface area contributed by atoms with Gasteiger partial charge in [0, 0.05) is 25.7 Å². The van der Waals surface area contributed by atoms with Gasteiger partial charge >= 0.3 is 0 Å². The van der Waals surface area contributed by atoms with E-state index in [1.54, 1.807) is 0 Å². The molecule has 0 amide bonds. The number of aliphatic imine (C=N–C) groups is 1. The Morgan fingerprint density at radius 3 is 2.64 bits per heavy atom. The van der Waals surface area contributed by atoms with Crippen LogP contribution in [0.4, 0.5) is 0 Å². The number of hydrogen-bond acceptors (Lipinski definition) is 4. The monoisotopic (exact) mass is 462 g/mol. The molecule has 1 atom stereocenters. The van der Waals surface area contributed by atoms with Gasteiger partial charge in [-0.15, -0.1) is 24.0 Å². The smallest absolute Gasteiger partial charge is 0.191 e. The molecule has 2 rings (SSSR count). The molecule has 0 saturated carbocycles. The summed E-state index contributed by atoms with van der Waals surface area (Å²) in [6.07, 6.45) is 0. The van der Waals surface area contributed by atoms with Crippen molar-refractivity contribution in [2.24, 2.45) is 4.99 Å². The highest BCUT2D eigenvalue weighted by Crippen LogP contribution is 2.07. The highest BCUT2D eigenvalue weighted by atomic mass is 127. The number of benzene rings is 1. The third-order valence-corrected chi connectivity index (χ3v) is 3.93. The van der Waals surface area contributed by atoms with Crippen LogP contribution in [0.2, 0.25) is 0 Å². The first-order valence-electron chi connectivity index (χ1n) is 8.81.